The minimum Gasteiger partial charge on any atom is -0.497 e. The first-order valence-corrected chi connectivity index (χ1v) is 7.23. The van der Waals surface area contributed by atoms with Crippen LogP contribution in [0, 0.1) is 0 Å². The first kappa shape index (κ1) is 15.7. The monoisotopic (exact) mass is 369 g/mol. The smallest absolute Gasteiger partial charge is 0.340 e. The van der Waals surface area contributed by atoms with E-state index in [0.29, 0.717) is 16.5 Å². The number of rotatable bonds is 4. The summed E-state index contributed by atoms with van der Waals surface area (Å²) < 4.78 is 11.2. The van der Waals surface area contributed by atoms with Crippen molar-refractivity contribution < 1.29 is 14.3 Å². The number of hydrogen-bond acceptors (Lipinski definition) is 4. The number of benzene rings is 2. The van der Waals surface area contributed by atoms with Gasteiger partial charge in [0.15, 0.2) is 0 Å². The summed E-state index contributed by atoms with van der Waals surface area (Å²) in [5.74, 6) is 0.0169. The van der Waals surface area contributed by atoms with Gasteiger partial charge in [-0.15, -0.1) is 0 Å². The van der Waals surface area contributed by atoms with Gasteiger partial charge in [0, 0.05) is 20.7 Å². The average Bonchev–Trinajstić information content (AvgIpc) is 2.46. The molecule has 0 fully saturated rings. The number of carbonyl (C=O) groups is 1. The zero-order valence-electron chi connectivity index (χ0n) is 11.2. The molecule has 0 saturated carbocycles. The summed E-state index contributed by atoms with van der Waals surface area (Å²) in [4.78, 5) is 12.1. The quantitative estimate of drug-likeness (QED) is 0.651. The zero-order chi connectivity index (χ0) is 15.4. The van der Waals surface area contributed by atoms with Gasteiger partial charge >= 0.3 is 5.97 Å². The highest BCUT2D eigenvalue weighted by atomic mass is 79.9. The average molecular weight is 371 g/mol. The number of nitrogen functional groups attached to an aromatic ring is 1. The molecule has 0 heterocycles. The molecule has 0 spiro atoms. The van der Waals surface area contributed by atoms with E-state index in [1.54, 1.807) is 30.3 Å². The van der Waals surface area contributed by atoms with Gasteiger partial charge in [0.25, 0.3) is 0 Å². The van der Waals surface area contributed by atoms with Gasteiger partial charge < -0.3 is 15.2 Å². The molecule has 110 valence electrons. The van der Waals surface area contributed by atoms with Crippen LogP contribution in [0.25, 0.3) is 0 Å². The molecule has 2 aromatic rings. The van der Waals surface area contributed by atoms with Crippen molar-refractivity contribution in [2.24, 2.45) is 0 Å². The molecule has 0 unspecified atom stereocenters. The molecule has 4 nitrogen and oxygen atoms in total. The molecule has 0 aliphatic carbocycles. The minimum absolute atomic E-state index is 0.0710. The molecule has 0 aliphatic rings. The van der Waals surface area contributed by atoms with Crippen LogP contribution < -0.4 is 10.5 Å². The molecule has 0 atom stereocenters. The number of hydrogen-bond donors (Lipinski definition) is 1. The number of nitrogens with two attached hydrogens (primary N) is 1. The highest BCUT2D eigenvalue weighted by Crippen LogP contribution is 2.24. The maximum absolute atomic E-state index is 12.1. The van der Waals surface area contributed by atoms with Crippen LogP contribution in [0.15, 0.2) is 40.9 Å². The summed E-state index contributed by atoms with van der Waals surface area (Å²) in [5, 5.41) is 0.524. The fraction of sp³-hybridized carbons (Fsp3) is 0.133. The molecule has 6 heteroatoms. The molecule has 0 amide bonds. The molecule has 0 aromatic heterocycles. The Balaban J connectivity index is 2.11. The predicted octanol–water partition coefficient (Wildman–Crippen LogP) is 4.05. The van der Waals surface area contributed by atoms with Gasteiger partial charge in [-0.25, -0.2) is 4.79 Å². The van der Waals surface area contributed by atoms with Crippen molar-refractivity contribution in [3.05, 3.63) is 57.0 Å². The van der Waals surface area contributed by atoms with E-state index in [9.17, 15) is 4.79 Å². The van der Waals surface area contributed by atoms with E-state index in [1.807, 2.05) is 6.07 Å². The van der Waals surface area contributed by atoms with Crippen molar-refractivity contribution in [2.75, 3.05) is 12.8 Å². The van der Waals surface area contributed by atoms with Crippen molar-refractivity contribution in [3.63, 3.8) is 0 Å². The third-order valence-corrected chi connectivity index (χ3v) is 3.70. The van der Waals surface area contributed by atoms with Crippen LogP contribution in [0.2, 0.25) is 5.02 Å². The fourth-order valence-electron chi connectivity index (χ4n) is 1.70. The molecule has 0 aliphatic heterocycles. The third kappa shape index (κ3) is 3.89. The van der Waals surface area contributed by atoms with Gasteiger partial charge in [0.1, 0.15) is 12.4 Å². The van der Waals surface area contributed by atoms with Crippen molar-refractivity contribution >= 4 is 39.2 Å². The molecular formula is C15H13BrClNO3. The van der Waals surface area contributed by atoms with Gasteiger partial charge in [-0.2, -0.15) is 0 Å². The Morgan fingerprint density at radius 3 is 2.71 bits per heavy atom. The fourth-order valence-corrected chi connectivity index (χ4v) is 2.43. The van der Waals surface area contributed by atoms with Crippen LogP contribution in [-0.2, 0) is 11.3 Å². The molecule has 2 rings (SSSR count). The molecule has 0 radical (unpaired) electrons. The summed E-state index contributed by atoms with van der Waals surface area (Å²) in [6.07, 6.45) is 0. The molecular weight excluding hydrogens is 358 g/mol. The largest absolute Gasteiger partial charge is 0.497 e. The van der Waals surface area contributed by atoms with Crippen molar-refractivity contribution in [2.45, 2.75) is 6.61 Å². The molecule has 2 aromatic carbocycles. The second-order valence-corrected chi connectivity index (χ2v) is 5.59. The van der Waals surface area contributed by atoms with E-state index in [4.69, 9.17) is 26.8 Å². The van der Waals surface area contributed by atoms with E-state index >= 15 is 0 Å². The Morgan fingerprint density at radius 1 is 1.29 bits per heavy atom. The SMILES string of the molecule is COc1ccc(N)c(C(=O)OCc2ccc(Br)cc2Cl)c1. The first-order chi connectivity index (χ1) is 10.0. The van der Waals surface area contributed by atoms with Gasteiger partial charge in [-0.05, 0) is 30.3 Å². The standard InChI is InChI=1S/C15H13BrClNO3/c1-20-11-4-5-14(18)12(7-11)15(19)21-8-9-2-3-10(16)6-13(9)17/h2-7H,8,18H2,1H3. The number of anilines is 1. The lowest BCUT2D eigenvalue weighted by atomic mass is 10.1. The van der Waals surface area contributed by atoms with Crippen LogP contribution in [0.1, 0.15) is 15.9 Å². The van der Waals surface area contributed by atoms with Gasteiger partial charge in [0.2, 0.25) is 0 Å². The van der Waals surface area contributed by atoms with Crippen LogP contribution in [0.4, 0.5) is 5.69 Å². The van der Waals surface area contributed by atoms with Crippen LogP contribution in [0.3, 0.4) is 0 Å². The Kier molecular flexibility index (Phi) is 5.09. The van der Waals surface area contributed by atoms with Crippen LogP contribution in [0.5, 0.6) is 5.75 Å². The summed E-state index contributed by atoms with van der Waals surface area (Å²) in [6.45, 7) is 0.0710. The number of esters is 1. The molecule has 21 heavy (non-hydrogen) atoms. The van der Waals surface area contributed by atoms with E-state index < -0.39 is 5.97 Å². The summed E-state index contributed by atoms with van der Waals surface area (Å²) >= 11 is 9.39. The normalized spacial score (nSPS) is 10.2. The van der Waals surface area contributed by atoms with Crippen molar-refractivity contribution in [1.29, 1.82) is 0 Å². The maximum Gasteiger partial charge on any atom is 0.340 e. The molecule has 2 N–H and O–H groups in total. The highest BCUT2D eigenvalue weighted by Gasteiger charge is 2.13. The van der Waals surface area contributed by atoms with E-state index in [-0.39, 0.29) is 12.2 Å². The van der Waals surface area contributed by atoms with Crippen LogP contribution in [-0.4, -0.2) is 13.1 Å². The van der Waals surface area contributed by atoms with Crippen molar-refractivity contribution in [3.8, 4) is 5.75 Å². The Morgan fingerprint density at radius 2 is 2.05 bits per heavy atom. The lowest BCUT2D eigenvalue weighted by molar-refractivity contribution is 0.0474. The van der Waals surface area contributed by atoms with Crippen molar-refractivity contribution in [1.82, 2.24) is 0 Å². The van der Waals surface area contributed by atoms with E-state index in [2.05, 4.69) is 15.9 Å². The number of ether oxygens (including phenoxy) is 2. The Bertz CT molecular complexity index is 676. The lowest BCUT2D eigenvalue weighted by Gasteiger charge is -2.09. The molecule has 0 bridgehead atoms. The zero-order valence-corrected chi connectivity index (χ0v) is 13.6. The van der Waals surface area contributed by atoms with Gasteiger partial charge in [-0.1, -0.05) is 33.6 Å². The maximum atomic E-state index is 12.1. The Hall–Kier alpha value is -1.72. The summed E-state index contributed by atoms with van der Waals surface area (Å²) in [7, 11) is 1.52. The summed E-state index contributed by atoms with van der Waals surface area (Å²) in [6, 6.07) is 10.2. The minimum atomic E-state index is -0.523. The van der Waals surface area contributed by atoms with Crippen LogP contribution >= 0.6 is 27.5 Å². The highest BCUT2D eigenvalue weighted by molar-refractivity contribution is 9.10. The van der Waals surface area contributed by atoms with Gasteiger partial charge in [-0.3, -0.25) is 0 Å². The lowest BCUT2D eigenvalue weighted by Crippen LogP contribution is -2.08. The summed E-state index contributed by atoms with van der Waals surface area (Å²) in [5.41, 5.74) is 7.09. The van der Waals surface area contributed by atoms with E-state index in [0.717, 1.165) is 10.0 Å². The van der Waals surface area contributed by atoms with Gasteiger partial charge in [0.05, 0.1) is 12.7 Å². The number of methoxy groups -OCH3 is 1. The molecule has 0 saturated heterocycles. The number of halogens is 2. The van der Waals surface area contributed by atoms with E-state index in [1.165, 1.54) is 7.11 Å². The second kappa shape index (κ2) is 6.83. The predicted molar refractivity (Wildman–Crippen MR) is 85.7 cm³/mol. The third-order valence-electron chi connectivity index (χ3n) is 2.85. The topological polar surface area (TPSA) is 61.5 Å². The number of carbonyl (C=O) groups excluding carboxylic acids is 1. The second-order valence-electron chi connectivity index (χ2n) is 4.27. The first-order valence-electron chi connectivity index (χ1n) is 6.06. The Labute approximate surface area is 135 Å².